The molecule has 1 atom stereocenters. The highest BCUT2D eigenvalue weighted by Crippen LogP contribution is 2.32. The summed E-state index contributed by atoms with van der Waals surface area (Å²) >= 11 is 1.55. The molecule has 1 fully saturated rings. The van der Waals surface area contributed by atoms with Gasteiger partial charge in [-0.05, 0) is 48.6 Å². The first kappa shape index (κ1) is 18.8. The van der Waals surface area contributed by atoms with E-state index in [1.54, 1.807) is 30.4 Å². The van der Waals surface area contributed by atoms with Gasteiger partial charge < -0.3 is 10.2 Å². The van der Waals surface area contributed by atoms with Crippen molar-refractivity contribution < 1.29 is 13.2 Å². The Morgan fingerprint density at radius 2 is 2.04 bits per heavy atom. The van der Waals surface area contributed by atoms with Crippen LogP contribution >= 0.6 is 11.3 Å². The number of rotatable bonds is 5. The van der Waals surface area contributed by atoms with Crippen molar-refractivity contribution in [3.8, 4) is 0 Å². The number of hydrogen-bond acceptors (Lipinski definition) is 7. The highest BCUT2D eigenvalue weighted by molar-refractivity contribution is 7.91. The van der Waals surface area contributed by atoms with Crippen molar-refractivity contribution >= 4 is 48.8 Å². The average Bonchev–Trinajstić information content (AvgIpc) is 3.37. The minimum atomic E-state index is -3.25. The Kier molecular flexibility index (Phi) is 5.03. The predicted octanol–water partition coefficient (Wildman–Crippen LogP) is 3.09. The van der Waals surface area contributed by atoms with Gasteiger partial charge in [0.2, 0.25) is 5.91 Å². The van der Waals surface area contributed by atoms with Crippen molar-refractivity contribution in [3.05, 3.63) is 42.0 Å². The third-order valence-corrected chi connectivity index (χ3v) is 7.50. The zero-order valence-corrected chi connectivity index (χ0v) is 17.0. The van der Waals surface area contributed by atoms with E-state index in [0.29, 0.717) is 5.69 Å². The number of nitrogens with one attached hydrogen (secondary N) is 1. The number of fused-ring (bicyclic) bond motifs is 1. The summed E-state index contributed by atoms with van der Waals surface area (Å²) in [6.07, 6.45) is 3.18. The Morgan fingerprint density at radius 1 is 1.25 bits per heavy atom. The number of carbonyl (C=O) groups excluding carboxylic acids is 1. The molecule has 0 spiro atoms. The van der Waals surface area contributed by atoms with E-state index in [4.69, 9.17) is 0 Å². The van der Waals surface area contributed by atoms with Gasteiger partial charge in [0.25, 0.3) is 0 Å². The fourth-order valence-corrected chi connectivity index (χ4v) is 5.05. The Morgan fingerprint density at radius 3 is 2.79 bits per heavy atom. The number of amides is 1. The van der Waals surface area contributed by atoms with Gasteiger partial charge in [-0.2, -0.15) is 0 Å². The van der Waals surface area contributed by atoms with Crippen molar-refractivity contribution in [2.24, 2.45) is 0 Å². The summed E-state index contributed by atoms with van der Waals surface area (Å²) in [6.45, 7) is 2.37. The third-order valence-electron chi connectivity index (χ3n) is 4.93. The number of carbonyl (C=O) groups is 1. The molecule has 1 amide bonds. The number of nitrogens with zero attached hydrogens (tertiary/aromatic N) is 3. The molecular weight excluding hydrogens is 396 g/mol. The van der Waals surface area contributed by atoms with Crippen molar-refractivity contribution in [2.75, 3.05) is 22.5 Å². The van der Waals surface area contributed by atoms with Gasteiger partial charge in [0.15, 0.2) is 9.84 Å². The maximum Gasteiger partial charge on any atom is 0.247 e. The highest BCUT2D eigenvalue weighted by atomic mass is 32.2. The van der Waals surface area contributed by atoms with Crippen LogP contribution in [0.1, 0.15) is 19.8 Å². The quantitative estimate of drug-likeness (QED) is 0.687. The molecular formula is C19H20N4O3S2. The smallest absolute Gasteiger partial charge is 0.247 e. The molecule has 0 bridgehead atoms. The molecule has 4 rings (SSSR count). The molecule has 3 aromatic rings. The maximum absolute atomic E-state index is 12.9. The Hall–Kier alpha value is -2.52. The van der Waals surface area contributed by atoms with Gasteiger partial charge in [-0.15, -0.1) is 11.3 Å². The van der Waals surface area contributed by atoms with Crippen molar-refractivity contribution in [1.29, 1.82) is 0 Å². The minimum Gasteiger partial charge on any atom is -0.344 e. The van der Waals surface area contributed by atoms with Gasteiger partial charge in [-0.25, -0.2) is 18.4 Å². The van der Waals surface area contributed by atoms with Crippen LogP contribution in [0.15, 0.2) is 46.9 Å². The third kappa shape index (κ3) is 3.47. The molecule has 1 unspecified atom stereocenters. The van der Waals surface area contributed by atoms with Gasteiger partial charge in [0.1, 0.15) is 23.0 Å². The van der Waals surface area contributed by atoms with Crippen LogP contribution in [0.3, 0.4) is 0 Å². The molecule has 2 aromatic heterocycles. The standard InChI is InChI=1S/C19H20N4O3S2/c1-2-28(25,26)14-7-5-13(6-8-14)22-18(24)16-4-3-10-23(16)17-15-9-11-27-19(15)21-12-20-17/h5-9,11-12,16H,2-4,10H2,1H3,(H,22,24). The summed E-state index contributed by atoms with van der Waals surface area (Å²) in [7, 11) is -3.25. The number of aromatic nitrogens is 2. The molecule has 0 aliphatic carbocycles. The lowest BCUT2D eigenvalue weighted by Gasteiger charge is -2.25. The average molecular weight is 417 g/mol. The second-order valence-corrected chi connectivity index (χ2v) is 9.78. The monoisotopic (exact) mass is 416 g/mol. The second-order valence-electron chi connectivity index (χ2n) is 6.61. The van der Waals surface area contributed by atoms with E-state index in [2.05, 4.69) is 15.3 Å². The number of sulfone groups is 1. The van der Waals surface area contributed by atoms with E-state index in [0.717, 1.165) is 35.4 Å². The predicted molar refractivity (Wildman–Crippen MR) is 111 cm³/mol. The van der Waals surface area contributed by atoms with Crippen LogP contribution in [0.25, 0.3) is 10.2 Å². The zero-order valence-electron chi connectivity index (χ0n) is 15.3. The summed E-state index contributed by atoms with van der Waals surface area (Å²) in [5, 5.41) is 5.84. The minimum absolute atomic E-state index is 0.0473. The molecule has 1 aliphatic heterocycles. The van der Waals surface area contributed by atoms with E-state index in [1.165, 1.54) is 18.5 Å². The Balaban J connectivity index is 1.54. The van der Waals surface area contributed by atoms with Gasteiger partial charge in [0.05, 0.1) is 16.0 Å². The fraction of sp³-hybridized carbons (Fsp3) is 0.316. The SMILES string of the molecule is CCS(=O)(=O)c1ccc(NC(=O)C2CCCN2c2ncnc3sccc23)cc1. The molecule has 7 nitrogen and oxygen atoms in total. The number of hydrogen-bond donors (Lipinski definition) is 1. The van der Waals surface area contributed by atoms with Crippen LogP contribution in [0, 0.1) is 0 Å². The van der Waals surface area contributed by atoms with Crippen molar-refractivity contribution in [3.63, 3.8) is 0 Å². The van der Waals surface area contributed by atoms with E-state index < -0.39 is 9.84 Å². The van der Waals surface area contributed by atoms with Crippen LogP contribution in [0.5, 0.6) is 0 Å². The highest BCUT2D eigenvalue weighted by Gasteiger charge is 2.32. The zero-order chi connectivity index (χ0) is 19.7. The van der Waals surface area contributed by atoms with Crippen molar-refractivity contribution in [1.82, 2.24) is 9.97 Å². The van der Waals surface area contributed by atoms with Crippen molar-refractivity contribution in [2.45, 2.75) is 30.7 Å². The van der Waals surface area contributed by atoms with Gasteiger partial charge in [-0.1, -0.05) is 6.92 Å². The molecule has 1 aromatic carbocycles. The first-order valence-electron chi connectivity index (χ1n) is 9.08. The summed E-state index contributed by atoms with van der Waals surface area (Å²) in [5.74, 6) is 0.713. The van der Waals surface area contributed by atoms with E-state index >= 15 is 0 Å². The molecule has 28 heavy (non-hydrogen) atoms. The first-order valence-corrected chi connectivity index (χ1v) is 11.6. The largest absolute Gasteiger partial charge is 0.344 e. The van der Waals surface area contributed by atoms with E-state index in [-0.39, 0.29) is 22.6 Å². The number of anilines is 2. The molecule has 0 radical (unpaired) electrons. The second kappa shape index (κ2) is 7.48. The maximum atomic E-state index is 12.9. The lowest BCUT2D eigenvalue weighted by molar-refractivity contribution is -0.117. The molecule has 0 saturated carbocycles. The van der Waals surface area contributed by atoms with Gasteiger partial charge >= 0.3 is 0 Å². The van der Waals surface area contributed by atoms with Crippen LogP contribution in [-0.4, -0.2) is 42.6 Å². The van der Waals surface area contributed by atoms with E-state index in [9.17, 15) is 13.2 Å². The van der Waals surface area contributed by atoms with Crippen LogP contribution in [-0.2, 0) is 14.6 Å². The summed E-state index contributed by atoms with van der Waals surface area (Å²) in [5.41, 5.74) is 0.579. The van der Waals surface area contributed by atoms with E-state index in [1.807, 2.05) is 16.3 Å². The lowest BCUT2D eigenvalue weighted by Crippen LogP contribution is -2.40. The van der Waals surface area contributed by atoms with Crippen LogP contribution in [0.2, 0.25) is 0 Å². The first-order chi connectivity index (χ1) is 13.5. The molecule has 3 heterocycles. The Labute approximate surface area is 167 Å². The molecule has 1 saturated heterocycles. The lowest BCUT2D eigenvalue weighted by atomic mass is 10.2. The number of benzene rings is 1. The normalized spacial score (nSPS) is 17.2. The summed E-state index contributed by atoms with van der Waals surface area (Å²) in [6, 6.07) is 7.97. The summed E-state index contributed by atoms with van der Waals surface area (Å²) in [4.78, 5) is 24.8. The van der Waals surface area contributed by atoms with Gasteiger partial charge in [0, 0.05) is 12.2 Å². The molecule has 9 heteroatoms. The van der Waals surface area contributed by atoms with Crippen LogP contribution in [0.4, 0.5) is 11.5 Å². The number of thiophene rings is 1. The topological polar surface area (TPSA) is 92.3 Å². The molecule has 146 valence electrons. The molecule has 1 aliphatic rings. The fourth-order valence-electron chi connectivity index (χ4n) is 3.44. The van der Waals surface area contributed by atoms with Crippen LogP contribution < -0.4 is 10.2 Å². The summed E-state index contributed by atoms with van der Waals surface area (Å²) < 4.78 is 23.8. The van der Waals surface area contributed by atoms with Gasteiger partial charge in [-0.3, -0.25) is 4.79 Å². The molecule has 1 N–H and O–H groups in total. The Bertz CT molecular complexity index is 1110.